The number of hydrogen-bond donors (Lipinski definition) is 1. The number of ether oxygens (including phenoxy) is 1. The van der Waals surface area contributed by atoms with Gasteiger partial charge in [0.1, 0.15) is 12.4 Å². The van der Waals surface area contributed by atoms with Crippen LogP contribution in [-0.2, 0) is 17.9 Å². The van der Waals surface area contributed by atoms with Gasteiger partial charge in [-0.25, -0.2) is 0 Å². The molecular weight excluding hydrogens is 362 g/mol. The first kappa shape index (κ1) is 21.3. The van der Waals surface area contributed by atoms with Crippen LogP contribution < -0.4 is 10.1 Å². The van der Waals surface area contributed by atoms with Crippen molar-refractivity contribution < 1.29 is 9.53 Å². The lowest BCUT2D eigenvalue weighted by Crippen LogP contribution is -2.41. The van der Waals surface area contributed by atoms with Crippen molar-refractivity contribution in [1.82, 2.24) is 15.1 Å². The van der Waals surface area contributed by atoms with Gasteiger partial charge in [0.05, 0.1) is 0 Å². The normalized spacial score (nSPS) is 15.4. The Morgan fingerprint density at radius 3 is 2.52 bits per heavy atom. The molecule has 0 unspecified atom stereocenters. The molecule has 2 aromatic carbocycles. The van der Waals surface area contributed by atoms with E-state index in [-0.39, 0.29) is 11.8 Å². The number of benzene rings is 2. The number of piperidine rings is 1. The van der Waals surface area contributed by atoms with E-state index in [1.54, 1.807) is 0 Å². The van der Waals surface area contributed by atoms with Crippen LogP contribution in [0.3, 0.4) is 0 Å². The van der Waals surface area contributed by atoms with Gasteiger partial charge >= 0.3 is 0 Å². The van der Waals surface area contributed by atoms with Crippen LogP contribution in [0.25, 0.3) is 0 Å². The lowest BCUT2D eigenvalue weighted by Gasteiger charge is -2.31. The second kappa shape index (κ2) is 11.0. The van der Waals surface area contributed by atoms with Gasteiger partial charge in [-0.1, -0.05) is 42.5 Å². The van der Waals surface area contributed by atoms with Gasteiger partial charge in [0, 0.05) is 25.6 Å². The minimum atomic E-state index is 0.147. The summed E-state index contributed by atoms with van der Waals surface area (Å²) in [7, 11) is 4.04. The standard InChI is InChI=1S/C24H33N3O2/c1-26(2)16-13-25-24(28)22-11-14-27(15-12-22)18-21-9-6-10-23(17-21)29-19-20-7-4-3-5-8-20/h3-10,17,22H,11-16,18-19H2,1-2H3,(H,25,28). The first-order valence-electron chi connectivity index (χ1n) is 10.5. The van der Waals surface area contributed by atoms with Gasteiger partial charge in [0.2, 0.25) is 5.91 Å². The monoisotopic (exact) mass is 395 g/mol. The van der Waals surface area contributed by atoms with E-state index in [9.17, 15) is 4.79 Å². The number of carbonyl (C=O) groups excluding carboxylic acids is 1. The molecule has 1 heterocycles. The smallest absolute Gasteiger partial charge is 0.223 e. The number of nitrogens with zero attached hydrogens (tertiary/aromatic N) is 2. The lowest BCUT2D eigenvalue weighted by atomic mass is 9.95. The molecule has 3 rings (SSSR count). The minimum absolute atomic E-state index is 0.147. The third-order valence-corrected chi connectivity index (χ3v) is 5.37. The largest absolute Gasteiger partial charge is 0.489 e. The molecule has 1 N–H and O–H groups in total. The lowest BCUT2D eigenvalue weighted by molar-refractivity contribution is -0.126. The number of hydrogen-bond acceptors (Lipinski definition) is 4. The summed E-state index contributed by atoms with van der Waals surface area (Å²) >= 11 is 0. The molecule has 0 atom stereocenters. The van der Waals surface area contributed by atoms with Crippen molar-refractivity contribution in [3.05, 3.63) is 65.7 Å². The van der Waals surface area contributed by atoms with Gasteiger partial charge in [0.25, 0.3) is 0 Å². The molecule has 0 spiro atoms. The van der Waals surface area contributed by atoms with Crippen LogP contribution in [-0.4, -0.2) is 56.0 Å². The van der Waals surface area contributed by atoms with E-state index in [0.29, 0.717) is 6.61 Å². The van der Waals surface area contributed by atoms with E-state index in [1.165, 1.54) is 11.1 Å². The molecule has 5 heteroatoms. The summed E-state index contributed by atoms with van der Waals surface area (Å²) in [5.41, 5.74) is 2.42. The highest BCUT2D eigenvalue weighted by atomic mass is 16.5. The number of likely N-dealkylation sites (N-methyl/N-ethyl adjacent to an activating group) is 1. The average Bonchev–Trinajstić information content (AvgIpc) is 2.73. The van der Waals surface area contributed by atoms with Crippen LogP contribution in [0.15, 0.2) is 54.6 Å². The number of nitrogens with one attached hydrogen (secondary N) is 1. The molecule has 1 amide bonds. The van der Waals surface area contributed by atoms with Gasteiger partial charge < -0.3 is 15.0 Å². The Labute approximate surface area is 174 Å². The van der Waals surface area contributed by atoms with Gasteiger partial charge in [-0.05, 0) is 63.3 Å². The summed E-state index contributed by atoms with van der Waals surface area (Å²) in [6.45, 7) is 5.01. The number of amides is 1. The summed E-state index contributed by atoms with van der Waals surface area (Å²) < 4.78 is 5.95. The number of carbonyl (C=O) groups is 1. The third-order valence-electron chi connectivity index (χ3n) is 5.37. The molecule has 1 aliphatic heterocycles. The van der Waals surface area contributed by atoms with E-state index in [2.05, 4.69) is 45.4 Å². The van der Waals surface area contributed by atoms with E-state index >= 15 is 0 Å². The minimum Gasteiger partial charge on any atom is -0.489 e. The Bertz CT molecular complexity index is 756. The predicted molar refractivity (Wildman–Crippen MR) is 117 cm³/mol. The number of likely N-dealkylation sites (tertiary alicyclic amines) is 1. The van der Waals surface area contributed by atoms with Gasteiger partial charge in [-0.2, -0.15) is 0 Å². The first-order valence-corrected chi connectivity index (χ1v) is 10.5. The zero-order valence-corrected chi connectivity index (χ0v) is 17.6. The second-order valence-electron chi connectivity index (χ2n) is 8.07. The van der Waals surface area contributed by atoms with E-state index < -0.39 is 0 Å². The Kier molecular flexibility index (Phi) is 8.08. The van der Waals surface area contributed by atoms with Crippen molar-refractivity contribution in [2.45, 2.75) is 26.0 Å². The van der Waals surface area contributed by atoms with Crippen molar-refractivity contribution in [1.29, 1.82) is 0 Å². The van der Waals surface area contributed by atoms with E-state index in [4.69, 9.17) is 4.74 Å². The Balaban J connectivity index is 1.42. The molecule has 0 saturated carbocycles. The van der Waals surface area contributed by atoms with Gasteiger partial charge in [-0.15, -0.1) is 0 Å². The summed E-state index contributed by atoms with van der Waals surface area (Å²) in [4.78, 5) is 16.8. The summed E-state index contributed by atoms with van der Waals surface area (Å²) in [5, 5.41) is 3.07. The van der Waals surface area contributed by atoms with Crippen LogP contribution in [0.4, 0.5) is 0 Å². The molecule has 0 bridgehead atoms. The maximum absolute atomic E-state index is 12.3. The molecule has 0 aliphatic carbocycles. The molecule has 156 valence electrons. The zero-order valence-electron chi connectivity index (χ0n) is 17.6. The fraction of sp³-hybridized carbons (Fsp3) is 0.458. The highest BCUT2D eigenvalue weighted by molar-refractivity contribution is 5.78. The fourth-order valence-electron chi connectivity index (χ4n) is 3.63. The molecule has 1 fully saturated rings. The van der Waals surface area contributed by atoms with Crippen molar-refractivity contribution >= 4 is 5.91 Å². The first-order chi connectivity index (χ1) is 14.1. The molecule has 5 nitrogen and oxygen atoms in total. The topological polar surface area (TPSA) is 44.8 Å². The van der Waals surface area contributed by atoms with Crippen molar-refractivity contribution in [2.24, 2.45) is 5.92 Å². The SMILES string of the molecule is CN(C)CCNC(=O)C1CCN(Cc2cccc(OCc3ccccc3)c2)CC1. The summed E-state index contributed by atoms with van der Waals surface area (Å²) in [6, 6.07) is 18.6. The average molecular weight is 396 g/mol. The molecule has 29 heavy (non-hydrogen) atoms. The summed E-state index contributed by atoms with van der Waals surface area (Å²) in [5.74, 6) is 1.26. The Morgan fingerprint density at radius 2 is 1.79 bits per heavy atom. The highest BCUT2D eigenvalue weighted by Crippen LogP contribution is 2.21. The number of rotatable bonds is 9. The van der Waals surface area contributed by atoms with Gasteiger partial charge in [-0.3, -0.25) is 9.69 Å². The Morgan fingerprint density at radius 1 is 1.07 bits per heavy atom. The molecule has 2 aromatic rings. The van der Waals surface area contributed by atoms with Crippen LogP contribution >= 0.6 is 0 Å². The third kappa shape index (κ3) is 7.18. The Hall–Kier alpha value is -2.37. The molecular formula is C24H33N3O2. The molecule has 0 radical (unpaired) electrons. The van der Waals surface area contributed by atoms with Crippen LogP contribution in [0.2, 0.25) is 0 Å². The van der Waals surface area contributed by atoms with Crippen LogP contribution in [0.5, 0.6) is 5.75 Å². The van der Waals surface area contributed by atoms with Gasteiger partial charge in [0.15, 0.2) is 0 Å². The van der Waals surface area contributed by atoms with Crippen molar-refractivity contribution in [3.8, 4) is 5.75 Å². The van der Waals surface area contributed by atoms with Crippen molar-refractivity contribution in [2.75, 3.05) is 40.3 Å². The maximum atomic E-state index is 12.3. The fourth-order valence-corrected chi connectivity index (χ4v) is 3.63. The maximum Gasteiger partial charge on any atom is 0.223 e. The van der Waals surface area contributed by atoms with Crippen LogP contribution in [0.1, 0.15) is 24.0 Å². The van der Waals surface area contributed by atoms with Crippen LogP contribution in [0, 0.1) is 5.92 Å². The second-order valence-corrected chi connectivity index (χ2v) is 8.07. The highest BCUT2D eigenvalue weighted by Gasteiger charge is 2.24. The van der Waals surface area contributed by atoms with E-state index in [1.807, 2.05) is 38.4 Å². The molecule has 0 aromatic heterocycles. The zero-order chi connectivity index (χ0) is 20.5. The van der Waals surface area contributed by atoms with E-state index in [0.717, 1.165) is 51.3 Å². The molecule has 1 saturated heterocycles. The molecule has 1 aliphatic rings. The van der Waals surface area contributed by atoms with Crippen molar-refractivity contribution in [3.63, 3.8) is 0 Å². The summed E-state index contributed by atoms with van der Waals surface area (Å²) in [6.07, 6.45) is 1.86. The quantitative estimate of drug-likeness (QED) is 0.708. The predicted octanol–water partition coefficient (Wildman–Crippen LogP) is 3.16.